The van der Waals surface area contributed by atoms with Crippen LogP contribution in [0.5, 0.6) is 0 Å². The summed E-state index contributed by atoms with van der Waals surface area (Å²) in [7, 11) is 0. The van der Waals surface area contributed by atoms with Crippen LogP contribution < -0.4 is 5.73 Å². The number of likely N-dealkylation sites (tertiary alicyclic amines) is 1. The molecule has 27 heavy (non-hydrogen) atoms. The second-order valence-corrected chi connectivity index (χ2v) is 6.93. The average Bonchev–Trinajstić information content (AvgIpc) is 3.28. The number of hydrogen-bond donors (Lipinski definition) is 1. The number of rotatable bonds is 3. The van der Waals surface area contributed by atoms with Gasteiger partial charge in [-0.05, 0) is 44.0 Å². The molecule has 140 valence electrons. The summed E-state index contributed by atoms with van der Waals surface area (Å²) in [6, 6.07) is 9.51. The quantitative estimate of drug-likeness (QED) is 0.764. The molecule has 1 saturated heterocycles. The molecule has 1 amide bonds. The Balaban J connectivity index is 1.53. The van der Waals surface area contributed by atoms with Crippen LogP contribution in [0.3, 0.4) is 0 Å². The Morgan fingerprint density at radius 2 is 2.07 bits per heavy atom. The van der Waals surface area contributed by atoms with Crippen LogP contribution in [0.15, 0.2) is 34.9 Å². The fourth-order valence-electron chi connectivity index (χ4n) is 3.46. The first-order chi connectivity index (χ1) is 13.0. The molecule has 2 N–H and O–H groups in total. The fourth-order valence-corrected chi connectivity index (χ4v) is 3.46. The molecule has 0 spiro atoms. The molecule has 0 unspecified atom stereocenters. The van der Waals surface area contributed by atoms with Crippen molar-refractivity contribution in [3.63, 3.8) is 0 Å². The van der Waals surface area contributed by atoms with Gasteiger partial charge in [-0.1, -0.05) is 5.16 Å². The van der Waals surface area contributed by atoms with Gasteiger partial charge in [0.15, 0.2) is 0 Å². The van der Waals surface area contributed by atoms with E-state index in [9.17, 15) is 4.79 Å². The zero-order chi connectivity index (χ0) is 19.0. The Kier molecular flexibility index (Phi) is 4.39. The molecule has 0 aliphatic carbocycles. The van der Waals surface area contributed by atoms with Crippen molar-refractivity contribution < 1.29 is 9.32 Å². The lowest BCUT2D eigenvalue weighted by atomic mass is 9.98. The van der Waals surface area contributed by atoms with E-state index in [1.54, 1.807) is 11.6 Å². The maximum Gasteiger partial charge on any atom is 0.231 e. The van der Waals surface area contributed by atoms with Crippen molar-refractivity contribution in [2.45, 2.75) is 32.6 Å². The van der Waals surface area contributed by atoms with Crippen LogP contribution in [0.4, 0.5) is 5.82 Å². The van der Waals surface area contributed by atoms with Crippen LogP contribution in [0.2, 0.25) is 0 Å². The summed E-state index contributed by atoms with van der Waals surface area (Å²) in [5.41, 5.74) is 8.57. The van der Waals surface area contributed by atoms with Crippen LogP contribution >= 0.6 is 0 Å². The van der Waals surface area contributed by atoms with E-state index in [0.29, 0.717) is 24.1 Å². The first-order valence-corrected chi connectivity index (χ1v) is 9.03. The molecular formula is C19H22N6O2. The van der Waals surface area contributed by atoms with E-state index < -0.39 is 0 Å². The van der Waals surface area contributed by atoms with E-state index in [0.717, 1.165) is 36.3 Å². The maximum absolute atomic E-state index is 11.6. The maximum atomic E-state index is 11.6. The zero-order valence-electron chi connectivity index (χ0n) is 15.4. The third kappa shape index (κ3) is 3.42. The molecule has 3 heterocycles. The van der Waals surface area contributed by atoms with Gasteiger partial charge in [0.1, 0.15) is 5.82 Å². The highest BCUT2D eigenvalue weighted by atomic mass is 16.5. The normalized spacial score (nSPS) is 17.3. The summed E-state index contributed by atoms with van der Waals surface area (Å²) in [5.74, 6) is 1.90. The van der Waals surface area contributed by atoms with Crippen molar-refractivity contribution in [2.75, 3.05) is 18.8 Å². The summed E-state index contributed by atoms with van der Waals surface area (Å²) in [6.45, 7) is 4.93. The number of benzene rings is 1. The van der Waals surface area contributed by atoms with Crippen LogP contribution in [0, 0.1) is 6.92 Å². The van der Waals surface area contributed by atoms with E-state index in [4.69, 9.17) is 10.3 Å². The topological polar surface area (TPSA) is 103 Å². The lowest BCUT2D eigenvalue weighted by Crippen LogP contribution is -2.37. The molecule has 1 fully saturated rings. The molecule has 0 radical (unpaired) electrons. The van der Waals surface area contributed by atoms with Crippen molar-refractivity contribution in [1.82, 2.24) is 24.8 Å². The molecule has 1 aromatic carbocycles. The van der Waals surface area contributed by atoms with E-state index >= 15 is 0 Å². The monoisotopic (exact) mass is 366 g/mol. The SMILES string of the molecule is CC(=O)N1CCC[C@H](c2nc(-c3ccc(-n4nc(C)cc4N)cc3)no2)C1. The van der Waals surface area contributed by atoms with Gasteiger partial charge in [0.25, 0.3) is 0 Å². The number of amides is 1. The lowest BCUT2D eigenvalue weighted by Gasteiger charge is -2.29. The minimum absolute atomic E-state index is 0.0863. The van der Waals surface area contributed by atoms with E-state index in [-0.39, 0.29) is 11.8 Å². The summed E-state index contributed by atoms with van der Waals surface area (Å²) < 4.78 is 7.18. The molecule has 8 heteroatoms. The van der Waals surface area contributed by atoms with E-state index in [1.165, 1.54) is 0 Å². The van der Waals surface area contributed by atoms with Crippen LogP contribution in [-0.2, 0) is 4.79 Å². The highest BCUT2D eigenvalue weighted by molar-refractivity contribution is 5.73. The number of aromatic nitrogens is 4. The summed E-state index contributed by atoms with van der Waals surface area (Å²) in [6.07, 6.45) is 1.89. The average molecular weight is 366 g/mol. The van der Waals surface area contributed by atoms with Gasteiger partial charge < -0.3 is 15.2 Å². The Labute approximate surface area is 157 Å². The molecular weight excluding hydrogens is 344 g/mol. The van der Waals surface area contributed by atoms with Gasteiger partial charge in [-0.3, -0.25) is 4.79 Å². The number of nitrogens with two attached hydrogens (primary N) is 1. The van der Waals surface area contributed by atoms with Gasteiger partial charge in [0, 0.05) is 31.6 Å². The largest absolute Gasteiger partial charge is 0.384 e. The van der Waals surface area contributed by atoms with Gasteiger partial charge in [-0.25, -0.2) is 4.68 Å². The van der Waals surface area contributed by atoms with Crippen molar-refractivity contribution in [1.29, 1.82) is 0 Å². The lowest BCUT2D eigenvalue weighted by molar-refractivity contribution is -0.130. The molecule has 8 nitrogen and oxygen atoms in total. The minimum Gasteiger partial charge on any atom is -0.384 e. The summed E-state index contributed by atoms with van der Waals surface area (Å²) in [4.78, 5) is 18.0. The minimum atomic E-state index is 0.0863. The number of nitrogens with zero attached hydrogens (tertiary/aromatic N) is 5. The van der Waals surface area contributed by atoms with Crippen molar-refractivity contribution >= 4 is 11.7 Å². The number of carbonyl (C=O) groups is 1. The number of hydrogen-bond acceptors (Lipinski definition) is 6. The molecule has 3 aromatic rings. The summed E-state index contributed by atoms with van der Waals surface area (Å²) >= 11 is 0. The predicted octanol–water partition coefficient (Wildman–Crippen LogP) is 2.54. The predicted molar refractivity (Wildman–Crippen MR) is 100 cm³/mol. The Bertz CT molecular complexity index is 959. The standard InChI is InChI=1S/C19H22N6O2/c1-12-10-17(20)25(22-12)16-7-5-14(6-8-16)18-21-19(27-23-18)15-4-3-9-24(11-15)13(2)26/h5-8,10,15H,3-4,9,11,20H2,1-2H3/t15-/m0/s1. The van der Waals surface area contributed by atoms with Crippen molar-refractivity contribution in [3.05, 3.63) is 41.9 Å². The van der Waals surface area contributed by atoms with Gasteiger partial charge in [-0.15, -0.1) is 0 Å². The number of aryl methyl sites for hydroxylation is 1. The molecule has 1 atom stereocenters. The van der Waals surface area contributed by atoms with Crippen LogP contribution in [0.1, 0.15) is 37.3 Å². The van der Waals surface area contributed by atoms with Gasteiger partial charge in [0.2, 0.25) is 17.6 Å². The molecule has 2 aromatic heterocycles. The number of anilines is 1. The molecule has 0 saturated carbocycles. The third-order valence-electron chi connectivity index (χ3n) is 4.89. The highest BCUT2D eigenvalue weighted by Gasteiger charge is 2.27. The zero-order valence-corrected chi connectivity index (χ0v) is 15.4. The first kappa shape index (κ1) is 17.3. The highest BCUT2D eigenvalue weighted by Crippen LogP contribution is 2.28. The molecule has 4 rings (SSSR count). The van der Waals surface area contributed by atoms with Gasteiger partial charge in [0.05, 0.1) is 17.3 Å². The molecule has 1 aliphatic heterocycles. The van der Waals surface area contributed by atoms with E-state index in [1.807, 2.05) is 42.2 Å². The second-order valence-electron chi connectivity index (χ2n) is 6.93. The van der Waals surface area contributed by atoms with Crippen molar-refractivity contribution in [2.24, 2.45) is 0 Å². The molecule has 0 bridgehead atoms. The number of nitrogen functional groups attached to an aromatic ring is 1. The number of piperidine rings is 1. The van der Waals surface area contributed by atoms with Gasteiger partial charge in [-0.2, -0.15) is 10.1 Å². The number of carbonyl (C=O) groups excluding carboxylic acids is 1. The molecule has 1 aliphatic rings. The Morgan fingerprint density at radius 3 is 2.74 bits per heavy atom. The van der Waals surface area contributed by atoms with Crippen molar-refractivity contribution in [3.8, 4) is 17.1 Å². The van der Waals surface area contributed by atoms with Crippen LogP contribution in [0.25, 0.3) is 17.1 Å². The Morgan fingerprint density at radius 1 is 1.30 bits per heavy atom. The first-order valence-electron chi connectivity index (χ1n) is 9.03. The third-order valence-corrected chi connectivity index (χ3v) is 4.89. The fraction of sp³-hybridized carbons (Fsp3) is 0.368. The van der Waals surface area contributed by atoms with E-state index in [2.05, 4.69) is 15.2 Å². The Hall–Kier alpha value is -3.16. The van der Waals surface area contributed by atoms with Crippen LogP contribution in [-0.4, -0.2) is 43.8 Å². The smallest absolute Gasteiger partial charge is 0.231 e. The summed E-state index contributed by atoms with van der Waals surface area (Å²) in [5, 5.41) is 8.50. The van der Waals surface area contributed by atoms with Gasteiger partial charge >= 0.3 is 0 Å². The second kappa shape index (κ2) is 6.86.